The molecule has 1 N–H and O–H groups in total. The van der Waals surface area contributed by atoms with Crippen LogP contribution in [0.2, 0.25) is 0 Å². The van der Waals surface area contributed by atoms with Crippen molar-refractivity contribution in [3.8, 4) is 5.75 Å². The Bertz CT molecular complexity index is 901. The summed E-state index contributed by atoms with van der Waals surface area (Å²) in [5, 5.41) is 13.0. The molecule has 0 bridgehead atoms. The summed E-state index contributed by atoms with van der Waals surface area (Å²) in [5.41, 5.74) is 0.618. The number of carbonyl (C=O) groups is 2. The standard InChI is InChI=1S/C23H27NO4S/c1-4-5-6-12-24-20(18-11-8-13-29-18)19(22(26)23(24)27)21(25)16-9-7-10-17(14-16)28-15(2)3/h7-11,13-15,20,25H,4-6,12H2,1-3H3/b21-19-. The summed E-state index contributed by atoms with van der Waals surface area (Å²) >= 11 is 1.48. The quantitative estimate of drug-likeness (QED) is 0.281. The van der Waals surface area contributed by atoms with Gasteiger partial charge in [0.15, 0.2) is 0 Å². The Morgan fingerprint density at radius 3 is 2.66 bits per heavy atom. The zero-order chi connectivity index (χ0) is 21.0. The molecule has 1 unspecified atom stereocenters. The molecule has 154 valence electrons. The lowest BCUT2D eigenvalue weighted by atomic mass is 9.99. The number of benzene rings is 1. The summed E-state index contributed by atoms with van der Waals surface area (Å²) in [6.45, 7) is 6.43. The number of hydrogen-bond acceptors (Lipinski definition) is 5. The normalized spacial score (nSPS) is 18.6. The zero-order valence-corrected chi connectivity index (χ0v) is 17.9. The highest BCUT2D eigenvalue weighted by Crippen LogP contribution is 2.41. The minimum Gasteiger partial charge on any atom is -0.507 e. The Balaban J connectivity index is 2.04. The predicted molar refractivity (Wildman–Crippen MR) is 115 cm³/mol. The van der Waals surface area contributed by atoms with Crippen molar-refractivity contribution in [2.75, 3.05) is 6.54 Å². The number of unbranched alkanes of at least 4 members (excludes halogenated alkanes) is 2. The van der Waals surface area contributed by atoms with E-state index in [9.17, 15) is 14.7 Å². The number of amides is 1. The predicted octanol–water partition coefficient (Wildman–Crippen LogP) is 5.15. The van der Waals surface area contributed by atoms with Crippen LogP contribution < -0.4 is 4.74 Å². The molecule has 2 heterocycles. The van der Waals surface area contributed by atoms with Gasteiger partial charge in [-0.15, -0.1) is 11.3 Å². The summed E-state index contributed by atoms with van der Waals surface area (Å²) < 4.78 is 5.71. The van der Waals surface area contributed by atoms with Crippen LogP contribution >= 0.6 is 11.3 Å². The van der Waals surface area contributed by atoms with Gasteiger partial charge >= 0.3 is 0 Å². The monoisotopic (exact) mass is 413 g/mol. The number of nitrogens with zero attached hydrogens (tertiary/aromatic N) is 1. The van der Waals surface area contributed by atoms with Gasteiger partial charge in [0, 0.05) is 17.0 Å². The van der Waals surface area contributed by atoms with Crippen molar-refractivity contribution in [3.63, 3.8) is 0 Å². The first kappa shape index (κ1) is 21.1. The Morgan fingerprint density at radius 1 is 1.21 bits per heavy atom. The molecule has 1 saturated heterocycles. The third-order valence-electron chi connectivity index (χ3n) is 4.83. The number of hydrogen-bond donors (Lipinski definition) is 1. The molecule has 1 atom stereocenters. The van der Waals surface area contributed by atoms with Gasteiger partial charge in [-0.25, -0.2) is 0 Å². The molecule has 0 saturated carbocycles. The fourth-order valence-electron chi connectivity index (χ4n) is 3.53. The average Bonchev–Trinajstić information content (AvgIpc) is 3.30. The minimum absolute atomic E-state index is 0.0114. The SMILES string of the molecule is CCCCCN1C(=O)C(=O)/C(=C(\O)c2cccc(OC(C)C)c2)C1c1cccs1. The van der Waals surface area contributed by atoms with Crippen molar-refractivity contribution in [3.05, 3.63) is 57.8 Å². The fourth-order valence-corrected chi connectivity index (χ4v) is 4.38. The van der Waals surface area contributed by atoms with Crippen LogP contribution in [0, 0.1) is 0 Å². The molecule has 29 heavy (non-hydrogen) atoms. The number of thiophene rings is 1. The highest BCUT2D eigenvalue weighted by Gasteiger charge is 2.46. The van der Waals surface area contributed by atoms with E-state index in [4.69, 9.17) is 4.74 Å². The maximum Gasteiger partial charge on any atom is 0.295 e. The van der Waals surface area contributed by atoms with Gasteiger partial charge in [0.05, 0.1) is 17.7 Å². The number of ketones is 1. The van der Waals surface area contributed by atoms with Crippen LogP contribution in [0.25, 0.3) is 5.76 Å². The van der Waals surface area contributed by atoms with Gasteiger partial charge in [-0.05, 0) is 43.8 Å². The Morgan fingerprint density at radius 2 is 2.00 bits per heavy atom. The smallest absolute Gasteiger partial charge is 0.295 e. The number of likely N-dealkylation sites (tertiary alicyclic amines) is 1. The van der Waals surface area contributed by atoms with E-state index in [1.165, 1.54) is 11.3 Å². The van der Waals surface area contributed by atoms with Gasteiger partial charge in [-0.3, -0.25) is 9.59 Å². The van der Waals surface area contributed by atoms with Gasteiger partial charge in [0.2, 0.25) is 0 Å². The molecule has 0 aliphatic carbocycles. The third kappa shape index (κ3) is 4.53. The van der Waals surface area contributed by atoms with Crippen molar-refractivity contribution < 1.29 is 19.4 Å². The zero-order valence-electron chi connectivity index (χ0n) is 17.1. The van der Waals surface area contributed by atoms with E-state index in [0.29, 0.717) is 17.9 Å². The minimum atomic E-state index is -0.632. The molecular formula is C23H27NO4S. The Kier molecular flexibility index (Phi) is 6.75. The molecule has 5 nitrogen and oxygen atoms in total. The van der Waals surface area contributed by atoms with Gasteiger partial charge in [0.25, 0.3) is 11.7 Å². The molecule has 6 heteroatoms. The van der Waals surface area contributed by atoms with Crippen molar-refractivity contribution in [2.24, 2.45) is 0 Å². The highest BCUT2D eigenvalue weighted by molar-refractivity contribution is 7.10. The first-order valence-corrected chi connectivity index (χ1v) is 10.9. The van der Waals surface area contributed by atoms with Crippen molar-refractivity contribution >= 4 is 28.8 Å². The first-order chi connectivity index (χ1) is 13.9. The number of aliphatic hydroxyl groups excluding tert-OH is 1. The van der Waals surface area contributed by atoms with Crippen LogP contribution in [0.1, 0.15) is 56.5 Å². The van der Waals surface area contributed by atoms with Gasteiger partial charge < -0.3 is 14.7 Å². The molecule has 1 aliphatic rings. The van der Waals surface area contributed by atoms with E-state index in [0.717, 1.165) is 24.1 Å². The van der Waals surface area contributed by atoms with E-state index >= 15 is 0 Å². The lowest BCUT2D eigenvalue weighted by molar-refractivity contribution is -0.139. The topological polar surface area (TPSA) is 66.8 Å². The second kappa shape index (κ2) is 9.27. The van der Waals surface area contributed by atoms with Crippen LogP contribution in [0.3, 0.4) is 0 Å². The van der Waals surface area contributed by atoms with Crippen LogP contribution in [0.5, 0.6) is 5.75 Å². The second-order valence-corrected chi connectivity index (χ2v) is 8.39. The van der Waals surface area contributed by atoms with E-state index in [-0.39, 0.29) is 17.4 Å². The molecule has 1 amide bonds. The maximum atomic E-state index is 12.9. The van der Waals surface area contributed by atoms with Crippen LogP contribution in [0.4, 0.5) is 0 Å². The average molecular weight is 414 g/mol. The van der Waals surface area contributed by atoms with E-state index in [2.05, 4.69) is 6.92 Å². The lowest BCUT2D eigenvalue weighted by Crippen LogP contribution is -2.30. The molecular weight excluding hydrogens is 386 g/mol. The lowest BCUT2D eigenvalue weighted by Gasteiger charge is -2.24. The molecule has 2 aromatic rings. The van der Waals surface area contributed by atoms with Crippen molar-refractivity contribution in [1.29, 1.82) is 0 Å². The van der Waals surface area contributed by atoms with Crippen LogP contribution in [0.15, 0.2) is 47.4 Å². The molecule has 1 aliphatic heterocycles. The number of aliphatic hydroxyl groups is 1. The largest absolute Gasteiger partial charge is 0.507 e. The maximum absolute atomic E-state index is 12.9. The summed E-state index contributed by atoms with van der Waals surface area (Å²) in [5.74, 6) is -0.730. The van der Waals surface area contributed by atoms with Crippen molar-refractivity contribution in [1.82, 2.24) is 4.90 Å². The van der Waals surface area contributed by atoms with Gasteiger partial charge in [0.1, 0.15) is 11.5 Å². The van der Waals surface area contributed by atoms with Crippen molar-refractivity contribution in [2.45, 2.75) is 52.2 Å². The summed E-state index contributed by atoms with van der Waals surface area (Å²) in [6, 6.07) is 10.2. The third-order valence-corrected chi connectivity index (χ3v) is 5.76. The summed E-state index contributed by atoms with van der Waals surface area (Å²) in [6.07, 6.45) is 2.82. The first-order valence-electron chi connectivity index (χ1n) is 10.0. The number of ether oxygens (including phenoxy) is 1. The molecule has 3 rings (SSSR count). The van der Waals surface area contributed by atoms with Crippen LogP contribution in [-0.4, -0.2) is 34.3 Å². The fraction of sp³-hybridized carbons (Fsp3) is 0.391. The summed E-state index contributed by atoms with van der Waals surface area (Å²) in [4.78, 5) is 28.1. The Labute approximate surface area is 175 Å². The number of rotatable bonds is 8. The van der Waals surface area contributed by atoms with E-state index in [1.54, 1.807) is 29.2 Å². The van der Waals surface area contributed by atoms with E-state index in [1.807, 2.05) is 31.4 Å². The Hall–Kier alpha value is -2.60. The summed E-state index contributed by atoms with van der Waals surface area (Å²) in [7, 11) is 0. The highest BCUT2D eigenvalue weighted by atomic mass is 32.1. The van der Waals surface area contributed by atoms with Crippen LogP contribution in [-0.2, 0) is 9.59 Å². The molecule has 1 fully saturated rings. The second-order valence-electron chi connectivity index (χ2n) is 7.41. The molecule has 0 spiro atoms. The molecule has 0 radical (unpaired) electrons. The van der Waals surface area contributed by atoms with E-state index < -0.39 is 17.7 Å². The number of carbonyl (C=O) groups excluding carboxylic acids is 2. The van der Waals surface area contributed by atoms with Gasteiger partial charge in [-0.2, -0.15) is 0 Å². The molecule has 1 aromatic carbocycles. The van der Waals surface area contributed by atoms with Gasteiger partial charge in [-0.1, -0.05) is 38.0 Å². The number of Topliss-reactive ketones (excluding diaryl/α,β-unsaturated/α-hetero) is 1. The molecule has 1 aromatic heterocycles.